The number of rotatable bonds is 8. The molecular weight excluding hydrogens is 266 g/mol. The fourth-order valence-corrected chi connectivity index (χ4v) is 3.15. The van der Waals surface area contributed by atoms with E-state index >= 15 is 0 Å². The van der Waals surface area contributed by atoms with E-state index in [1.54, 1.807) is 0 Å². The lowest BCUT2D eigenvalue weighted by atomic mass is 9.80. The Balaban J connectivity index is 2.08. The molecule has 2 rings (SSSR count). The third kappa shape index (κ3) is 5.31. The van der Waals surface area contributed by atoms with E-state index in [4.69, 9.17) is 0 Å². The van der Waals surface area contributed by atoms with Crippen molar-refractivity contribution in [2.45, 2.75) is 32.1 Å². The number of hydrogen-bond acceptors (Lipinski definition) is 1. The van der Waals surface area contributed by atoms with Gasteiger partial charge in [0.2, 0.25) is 0 Å². The SMILES string of the molecule is C[C@@H](CCCN(C)C)[C@@H](Cc1ccccc1)c1ccccc1. The molecule has 0 saturated carbocycles. The maximum absolute atomic E-state index is 2.41. The molecule has 22 heavy (non-hydrogen) atoms. The molecule has 118 valence electrons. The zero-order chi connectivity index (χ0) is 15.8. The summed E-state index contributed by atoms with van der Waals surface area (Å²) in [5, 5.41) is 0. The van der Waals surface area contributed by atoms with Crippen LogP contribution in [-0.2, 0) is 6.42 Å². The van der Waals surface area contributed by atoms with Gasteiger partial charge in [-0.2, -0.15) is 0 Å². The molecule has 0 bridgehead atoms. The molecule has 0 fully saturated rings. The van der Waals surface area contributed by atoms with Gasteiger partial charge >= 0.3 is 0 Å². The molecule has 2 aromatic rings. The zero-order valence-corrected chi connectivity index (χ0v) is 14.2. The summed E-state index contributed by atoms with van der Waals surface area (Å²) in [6.45, 7) is 3.59. The minimum absolute atomic E-state index is 0.603. The Bertz CT molecular complexity index is 518. The summed E-state index contributed by atoms with van der Waals surface area (Å²) in [6.07, 6.45) is 3.69. The van der Waals surface area contributed by atoms with E-state index in [0.29, 0.717) is 11.8 Å². The Morgan fingerprint density at radius 1 is 0.864 bits per heavy atom. The summed E-state index contributed by atoms with van der Waals surface area (Å²) in [5.41, 5.74) is 2.92. The summed E-state index contributed by atoms with van der Waals surface area (Å²) >= 11 is 0. The van der Waals surface area contributed by atoms with Gasteiger partial charge < -0.3 is 4.90 Å². The van der Waals surface area contributed by atoms with Gasteiger partial charge in [-0.3, -0.25) is 0 Å². The maximum Gasteiger partial charge on any atom is -0.00247 e. The van der Waals surface area contributed by atoms with Crippen molar-refractivity contribution in [3.8, 4) is 0 Å². The van der Waals surface area contributed by atoms with E-state index in [1.165, 1.54) is 30.5 Å². The van der Waals surface area contributed by atoms with Gasteiger partial charge in [-0.25, -0.2) is 0 Å². The van der Waals surface area contributed by atoms with Gasteiger partial charge in [0.05, 0.1) is 0 Å². The topological polar surface area (TPSA) is 3.24 Å². The third-order valence-electron chi connectivity index (χ3n) is 4.48. The molecule has 0 amide bonds. The van der Waals surface area contributed by atoms with Crippen molar-refractivity contribution in [3.05, 3.63) is 71.8 Å². The molecular formula is C21H29N. The zero-order valence-electron chi connectivity index (χ0n) is 14.2. The number of nitrogens with zero attached hydrogens (tertiary/aromatic N) is 1. The summed E-state index contributed by atoms with van der Waals surface area (Å²) < 4.78 is 0. The third-order valence-corrected chi connectivity index (χ3v) is 4.48. The predicted octanol–water partition coefficient (Wildman–Crippen LogP) is 4.99. The molecule has 2 atom stereocenters. The molecule has 0 heterocycles. The van der Waals surface area contributed by atoms with Crippen LogP contribution < -0.4 is 0 Å². The molecule has 0 unspecified atom stereocenters. The highest BCUT2D eigenvalue weighted by molar-refractivity contribution is 5.24. The Labute approximate surface area is 136 Å². The van der Waals surface area contributed by atoms with Crippen LogP contribution in [0.2, 0.25) is 0 Å². The normalized spacial score (nSPS) is 14.0. The average molecular weight is 295 g/mol. The largest absolute Gasteiger partial charge is 0.309 e. The first-order chi connectivity index (χ1) is 10.7. The van der Waals surface area contributed by atoms with Gasteiger partial charge in [0, 0.05) is 0 Å². The summed E-state index contributed by atoms with van der Waals surface area (Å²) in [5.74, 6) is 1.30. The highest BCUT2D eigenvalue weighted by Gasteiger charge is 2.19. The van der Waals surface area contributed by atoms with Crippen LogP contribution in [0.3, 0.4) is 0 Å². The molecule has 2 aromatic carbocycles. The second kappa shape index (κ2) is 8.75. The van der Waals surface area contributed by atoms with Crippen LogP contribution in [0.25, 0.3) is 0 Å². The molecule has 0 saturated heterocycles. The Morgan fingerprint density at radius 2 is 1.45 bits per heavy atom. The Kier molecular flexibility index (Phi) is 6.67. The monoisotopic (exact) mass is 295 g/mol. The lowest BCUT2D eigenvalue weighted by Gasteiger charge is -2.25. The quantitative estimate of drug-likeness (QED) is 0.663. The van der Waals surface area contributed by atoms with E-state index in [0.717, 1.165) is 6.42 Å². The molecule has 0 aromatic heterocycles. The summed E-state index contributed by atoms with van der Waals surface area (Å²) in [6, 6.07) is 21.9. The second-order valence-corrected chi connectivity index (χ2v) is 6.63. The van der Waals surface area contributed by atoms with Crippen LogP contribution in [0.4, 0.5) is 0 Å². The van der Waals surface area contributed by atoms with Crippen LogP contribution in [-0.4, -0.2) is 25.5 Å². The highest BCUT2D eigenvalue weighted by atomic mass is 15.0. The van der Waals surface area contributed by atoms with Crippen molar-refractivity contribution < 1.29 is 0 Å². The fourth-order valence-electron chi connectivity index (χ4n) is 3.15. The van der Waals surface area contributed by atoms with E-state index in [2.05, 4.69) is 86.6 Å². The Hall–Kier alpha value is -1.60. The molecule has 0 aliphatic carbocycles. The molecule has 1 nitrogen and oxygen atoms in total. The van der Waals surface area contributed by atoms with Gasteiger partial charge in [-0.05, 0) is 62.9 Å². The average Bonchev–Trinajstić information content (AvgIpc) is 2.54. The molecule has 0 N–H and O–H groups in total. The second-order valence-electron chi connectivity index (χ2n) is 6.63. The molecule has 0 aliphatic heterocycles. The molecule has 1 heteroatoms. The van der Waals surface area contributed by atoms with Crippen molar-refractivity contribution in [1.29, 1.82) is 0 Å². The standard InChI is InChI=1S/C21H29N/c1-18(11-10-16-22(2)3)21(20-14-8-5-9-15-20)17-19-12-6-4-7-13-19/h4-9,12-15,18,21H,10-11,16-17H2,1-3H3/t18-,21+/m0/s1. The lowest BCUT2D eigenvalue weighted by molar-refractivity contribution is 0.350. The molecule has 0 radical (unpaired) electrons. The van der Waals surface area contributed by atoms with E-state index in [-0.39, 0.29) is 0 Å². The lowest BCUT2D eigenvalue weighted by Crippen LogP contribution is -2.17. The maximum atomic E-state index is 2.41. The van der Waals surface area contributed by atoms with Crippen LogP contribution in [0.1, 0.15) is 36.8 Å². The van der Waals surface area contributed by atoms with Gasteiger partial charge in [0.1, 0.15) is 0 Å². The van der Waals surface area contributed by atoms with E-state index in [1.807, 2.05) is 0 Å². The molecule has 0 spiro atoms. The first-order valence-corrected chi connectivity index (χ1v) is 8.40. The van der Waals surface area contributed by atoms with Crippen molar-refractivity contribution >= 4 is 0 Å². The minimum Gasteiger partial charge on any atom is -0.309 e. The van der Waals surface area contributed by atoms with Crippen LogP contribution >= 0.6 is 0 Å². The summed E-state index contributed by atoms with van der Waals surface area (Å²) in [7, 11) is 4.31. The van der Waals surface area contributed by atoms with Crippen LogP contribution in [0.15, 0.2) is 60.7 Å². The smallest absolute Gasteiger partial charge is 0.00247 e. The highest BCUT2D eigenvalue weighted by Crippen LogP contribution is 2.31. The van der Waals surface area contributed by atoms with E-state index in [9.17, 15) is 0 Å². The number of hydrogen-bond donors (Lipinski definition) is 0. The Morgan fingerprint density at radius 3 is 2.05 bits per heavy atom. The van der Waals surface area contributed by atoms with Gasteiger partial charge in [0.25, 0.3) is 0 Å². The van der Waals surface area contributed by atoms with Gasteiger partial charge in [-0.15, -0.1) is 0 Å². The van der Waals surface area contributed by atoms with E-state index < -0.39 is 0 Å². The minimum atomic E-state index is 0.603. The van der Waals surface area contributed by atoms with Crippen LogP contribution in [0.5, 0.6) is 0 Å². The van der Waals surface area contributed by atoms with Crippen molar-refractivity contribution in [2.75, 3.05) is 20.6 Å². The van der Waals surface area contributed by atoms with Gasteiger partial charge in [0.15, 0.2) is 0 Å². The fraction of sp³-hybridized carbons (Fsp3) is 0.429. The first kappa shape index (κ1) is 16.8. The van der Waals surface area contributed by atoms with Crippen molar-refractivity contribution in [1.82, 2.24) is 4.90 Å². The van der Waals surface area contributed by atoms with Crippen molar-refractivity contribution in [3.63, 3.8) is 0 Å². The predicted molar refractivity (Wildman–Crippen MR) is 96.3 cm³/mol. The van der Waals surface area contributed by atoms with Crippen LogP contribution in [0, 0.1) is 5.92 Å². The number of benzene rings is 2. The summed E-state index contributed by atoms with van der Waals surface area (Å²) in [4.78, 5) is 2.28. The molecule has 0 aliphatic rings. The van der Waals surface area contributed by atoms with Gasteiger partial charge in [-0.1, -0.05) is 67.6 Å². The first-order valence-electron chi connectivity index (χ1n) is 8.40. The van der Waals surface area contributed by atoms with Crippen molar-refractivity contribution in [2.24, 2.45) is 5.92 Å².